The summed E-state index contributed by atoms with van der Waals surface area (Å²) in [6.45, 7) is 4.79. The Kier molecular flexibility index (Phi) is 6.36. The lowest BCUT2D eigenvalue weighted by molar-refractivity contribution is 0.255. The molecule has 0 saturated heterocycles. The van der Waals surface area contributed by atoms with Gasteiger partial charge < -0.3 is 13.9 Å². The average Bonchev–Trinajstić information content (AvgIpc) is 2.86. The van der Waals surface area contributed by atoms with E-state index in [2.05, 4.69) is 25.1 Å². The summed E-state index contributed by atoms with van der Waals surface area (Å²) >= 11 is 0. The molecule has 0 atom stereocenters. The van der Waals surface area contributed by atoms with E-state index in [0.717, 1.165) is 33.2 Å². The largest absolute Gasteiger partial charge is 0.485 e. The smallest absolute Gasteiger partial charge is 0.336 e. The van der Waals surface area contributed by atoms with Crippen LogP contribution < -0.4 is 15.1 Å². The zero-order valence-corrected chi connectivity index (χ0v) is 19.8. The van der Waals surface area contributed by atoms with E-state index in [1.54, 1.807) is 0 Å². The van der Waals surface area contributed by atoms with Crippen molar-refractivity contribution in [2.24, 2.45) is 0 Å². The van der Waals surface area contributed by atoms with Crippen molar-refractivity contribution in [3.05, 3.63) is 130 Å². The molecule has 0 unspecified atom stereocenters. The van der Waals surface area contributed by atoms with Crippen molar-refractivity contribution in [1.29, 1.82) is 0 Å². The highest BCUT2D eigenvalue weighted by Crippen LogP contribution is 2.39. The summed E-state index contributed by atoms with van der Waals surface area (Å²) in [5.74, 6) is 0.951. The second kappa shape index (κ2) is 9.90. The van der Waals surface area contributed by atoms with Gasteiger partial charge in [-0.25, -0.2) is 4.79 Å². The minimum absolute atomic E-state index is 0.320. The molecule has 0 bridgehead atoms. The van der Waals surface area contributed by atoms with Crippen LogP contribution in [0.3, 0.4) is 0 Å². The quantitative estimate of drug-likeness (QED) is 0.239. The number of aryl methyl sites for hydroxylation is 2. The lowest BCUT2D eigenvalue weighted by Gasteiger charge is -2.16. The summed E-state index contributed by atoms with van der Waals surface area (Å²) in [5, 5.41) is 0.790. The minimum Gasteiger partial charge on any atom is -0.485 e. The second-order valence-electron chi connectivity index (χ2n) is 8.67. The zero-order valence-electron chi connectivity index (χ0n) is 19.8. The average molecular weight is 463 g/mol. The van der Waals surface area contributed by atoms with Crippen LogP contribution in [0.25, 0.3) is 22.1 Å². The van der Waals surface area contributed by atoms with Crippen molar-refractivity contribution < 1.29 is 13.9 Å². The van der Waals surface area contributed by atoms with Gasteiger partial charge in [-0.05, 0) is 48.2 Å². The monoisotopic (exact) mass is 462 g/mol. The van der Waals surface area contributed by atoms with Crippen LogP contribution >= 0.6 is 0 Å². The molecule has 0 aliphatic rings. The number of fused-ring (bicyclic) bond motifs is 1. The first-order valence-electron chi connectivity index (χ1n) is 11.6. The zero-order chi connectivity index (χ0) is 24.2. The van der Waals surface area contributed by atoms with E-state index in [0.29, 0.717) is 30.3 Å². The maximum absolute atomic E-state index is 12.6. The Hall–Kier alpha value is -4.31. The summed E-state index contributed by atoms with van der Waals surface area (Å²) in [6.07, 6.45) is 0. The van der Waals surface area contributed by atoms with Crippen LogP contribution in [-0.4, -0.2) is 0 Å². The molecule has 0 saturated carbocycles. The molecule has 5 rings (SSSR count). The van der Waals surface area contributed by atoms with Crippen LogP contribution in [0.2, 0.25) is 0 Å². The number of ether oxygens (including phenoxy) is 2. The van der Waals surface area contributed by atoms with E-state index in [-0.39, 0.29) is 0 Å². The molecular formula is C31H26O4. The Morgan fingerprint density at radius 2 is 1.34 bits per heavy atom. The van der Waals surface area contributed by atoms with Crippen molar-refractivity contribution in [3.63, 3.8) is 0 Å². The topological polar surface area (TPSA) is 48.7 Å². The van der Waals surface area contributed by atoms with Crippen LogP contribution in [-0.2, 0) is 13.2 Å². The highest BCUT2D eigenvalue weighted by atomic mass is 16.5. The van der Waals surface area contributed by atoms with Gasteiger partial charge in [-0.3, -0.25) is 0 Å². The standard InChI is InChI=1S/C31H26O4/c1-21-8-6-10-23(16-21)19-33-28-15-14-26-27(25-12-4-3-5-13-25)18-29(32)35-30(26)31(28)34-20-24-11-7-9-22(2)17-24/h3-18H,19-20H2,1-2H3. The van der Waals surface area contributed by atoms with E-state index in [9.17, 15) is 4.79 Å². The second-order valence-corrected chi connectivity index (χ2v) is 8.67. The van der Waals surface area contributed by atoms with Crippen LogP contribution in [0.1, 0.15) is 22.3 Å². The van der Waals surface area contributed by atoms with E-state index >= 15 is 0 Å². The molecule has 1 heterocycles. The third-order valence-electron chi connectivity index (χ3n) is 5.86. The first kappa shape index (κ1) is 22.5. The summed E-state index contributed by atoms with van der Waals surface area (Å²) in [6, 6.07) is 31.4. The molecule has 0 N–H and O–H groups in total. The van der Waals surface area contributed by atoms with Crippen molar-refractivity contribution >= 4 is 11.0 Å². The van der Waals surface area contributed by atoms with E-state index in [4.69, 9.17) is 13.9 Å². The predicted molar refractivity (Wildman–Crippen MR) is 139 cm³/mol. The molecule has 4 nitrogen and oxygen atoms in total. The molecule has 0 spiro atoms. The van der Waals surface area contributed by atoms with Crippen LogP contribution in [0.4, 0.5) is 0 Å². The Balaban J connectivity index is 1.59. The summed E-state index contributed by atoms with van der Waals surface area (Å²) < 4.78 is 18.2. The molecule has 0 radical (unpaired) electrons. The minimum atomic E-state index is -0.437. The first-order chi connectivity index (χ1) is 17.1. The number of hydrogen-bond acceptors (Lipinski definition) is 4. The summed E-state index contributed by atoms with van der Waals surface area (Å²) in [4.78, 5) is 12.6. The molecular weight excluding hydrogens is 436 g/mol. The number of rotatable bonds is 7. The van der Waals surface area contributed by atoms with Gasteiger partial charge in [0, 0.05) is 11.5 Å². The molecule has 35 heavy (non-hydrogen) atoms. The van der Waals surface area contributed by atoms with Crippen molar-refractivity contribution in [2.45, 2.75) is 27.1 Å². The van der Waals surface area contributed by atoms with E-state index < -0.39 is 5.63 Å². The van der Waals surface area contributed by atoms with Crippen molar-refractivity contribution in [3.8, 4) is 22.6 Å². The lowest BCUT2D eigenvalue weighted by atomic mass is 10.0. The van der Waals surface area contributed by atoms with E-state index in [1.807, 2.05) is 79.7 Å². The Bertz CT molecular complexity index is 1530. The Morgan fingerprint density at radius 3 is 2.00 bits per heavy atom. The third-order valence-corrected chi connectivity index (χ3v) is 5.86. The fourth-order valence-corrected chi connectivity index (χ4v) is 4.21. The Morgan fingerprint density at radius 1 is 0.686 bits per heavy atom. The highest BCUT2D eigenvalue weighted by Gasteiger charge is 2.18. The maximum atomic E-state index is 12.6. The van der Waals surface area contributed by atoms with Crippen LogP contribution in [0, 0.1) is 13.8 Å². The molecule has 1 aromatic heterocycles. The maximum Gasteiger partial charge on any atom is 0.336 e. The van der Waals surface area contributed by atoms with Gasteiger partial charge in [-0.15, -0.1) is 0 Å². The highest BCUT2D eigenvalue weighted by molar-refractivity contribution is 5.97. The van der Waals surface area contributed by atoms with Gasteiger partial charge in [-0.2, -0.15) is 0 Å². The number of hydrogen-bond donors (Lipinski definition) is 0. The molecule has 4 aromatic carbocycles. The fourth-order valence-electron chi connectivity index (χ4n) is 4.21. The van der Waals surface area contributed by atoms with Gasteiger partial charge in [0.1, 0.15) is 13.2 Å². The molecule has 0 aliphatic heterocycles. The van der Waals surface area contributed by atoms with Crippen LogP contribution in [0.15, 0.2) is 106 Å². The van der Waals surface area contributed by atoms with Gasteiger partial charge in [0.05, 0.1) is 0 Å². The summed E-state index contributed by atoms with van der Waals surface area (Å²) in [5.41, 5.74) is 6.06. The third kappa shape index (κ3) is 5.12. The predicted octanol–water partition coefficient (Wildman–Crippen LogP) is 7.23. The van der Waals surface area contributed by atoms with Gasteiger partial charge in [0.15, 0.2) is 11.3 Å². The SMILES string of the molecule is Cc1cccc(COc2ccc3c(-c4ccccc4)cc(=O)oc3c2OCc2cccc(C)c2)c1. The molecule has 4 heteroatoms. The number of benzene rings is 4. The van der Waals surface area contributed by atoms with Gasteiger partial charge in [-0.1, -0.05) is 90.0 Å². The van der Waals surface area contributed by atoms with Gasteiger partial charge >= 0.3 is 5.63 Å². The van der Waals surface area contributed by atoms with Crippen molar-refractivity contribution in [1.82, 2.24) is 0 Å². The molecule has 0 aliphatic carbocycles. The fraction of sp³-hybridized carbons (Fsp3) is 0.129. The molecule has 5 aromatic rings. The molecule has 0 amide bonds. The lowest BCUT2D eigenvalue weighted by Crippen LogP contribution is -2.04. The molecule has 0 fully saturated rings. The van der Waals surface area contributed by atoms with E-state index in [1.165, 1.54) is 11.6 Å². The van der Waals surface area contributed by atoms with Crippen LogP contribution in [0.5, 0.6) is 11.5 Å². The Labute approximate surface area is 204 Å². The molecule has 174 valence electrons. The summed E-state index contributed by atoms with van der Waals surface area (Å²) in [7, 11) is 0. The van der Waals surface area contributed by atoms with Crippen molar-refractivity contribution in [2.75, 3.05) is 0 Å². The first-order valence-corrected chi connectivity index (χ1v) is 11.6. The van der Waals surface area contributed by atoms with Gasteiger partial charge in [0.2, 0.25) is 5.75 Å². The normalized spacial score (nSPS) is 10.9. The van der Waals surface area contributed by atoms with Gasteiger partial charge in [0.25, 0.3) is 0 Å².